The van der Waals surface area contributed by atoms with Gasteiger partial charge in [0.05, 0.1) is 6.04 Å². The van der Waals surface area contributed by atoms with Crippen molar-refractivity contribution in [3.63, 3.8) is 0 Å². The summed E-state index contributed by atoms with van der Waals surface area (Å²) in [5.41, 5.74) is 6.94. The van der Waals surface area contributed by atoms with E-state index in [0.29, 0.717) is 6.42 Å². The maximum Gasteiger partial charge on any atom is 0.237 e. The van der Waals surface area contributed by atoms with E-state index in [1.54, 1.807) is 24.3 Å². The van der Waals surface area contributed by atoms with Crippen molar-refractivity contribution in [1.82, 2.24) is 5.32 Å². The van der Waals surface area contributed by atoms with Crippen molar-refractivity contribution < 1.29 is 9.90 Å². The molecule has 1 amide bonds. The zero-order valence-electron chi connectivity index (χ0n) is 13.1. The number of aromatic hydroxyl groups is 1. The molecule has 4 nitrogen and oxygen atoms in total. The molecular formula is C17H28N2O2. The Balaban J connectivity index is 2.49. The van der Waals surface area contributed by atoms with Crippen LogP contribution in [0.15, 0.2) is 24.3 Å². The third-order valence-electron chi connectivity index (χ3n) is 3.62. The van der Waals surface area contributed by atoms with Gasteiger partial charge in [0.1, 0.15) is 5.75 Å². The van der Waals surface area contributed by atoms with E-state index in [2.05, 4.69) is 19.2 Å². The van der Waals surface area contributed by atoms with Gasteiger partial charge in [-0.2, -0.15) is 0 Å². The number of benzene rings is 1. The molecule has 4 N–H and O–H groups in total. The highest BCUT2D eigenvalue weighted by Crippen LogP contribution is 2.11. The smallest absolute Gasteiger partial charge is 0.237 e. The third kappa shape index (κ3) is 6.63. The SMILES string of the molecule is CCCCC(CCC)NC(=O)C(N)Cc1ccc(O)cc1. The molecule has 21 heavy (non-hydrogen) atoms. The van der Waals surface area contributed by atoms with Gasteiger partial charge in [-0.1, -0.05) is 45.2 Å². The first kappa shape index (κ1) is 17.5. The minimum atomic E-state index is -0.546. The molecule has 4 heteroatoms. The highest BCUT2D eigenvalue weighted by Gasteiger charge is 2.17. The average Bonchev–Trinajstić information content (AvgIpc) is 2.47. The van der Waals surface area contributed by atoms with Gasteiger partial charge in [-0.25, -0.2) is 0 Å². The van der Waals surface area contributed by atoms with E-state index in [1.807, 2.05) is 0 Å². The number of hydrogen-bond acceptors (Lipinski definition) is 3. The van der Waals surface area contributed by atoms with Gasteiger partial charge in [-0.3, -0.25) is 4.79 Å². The van der Waals surface area contributed by atoms with E-state index in [-0.39, 0.29) is 17.7 Å². The Bertz CT molecular complexity index is 417. The van der Waals surface area contributed by atoms with Gasteiger partial charge in [0.15, 0.2) is 0 Å². The predicted octanol–water partition coefficient (Wildman–Crippen LogP) is 2.74. The van der Waals surface area contributed by atoms with Crippen molar-refractivity contribution in [2.75, 3.05) is 0 Å². The molecule has 2 unspecified atom stereocenters. The summed E-state index contributed by atoms with van der Waals surface area (Å²) < 4.78 is 0. The van der Waals surface area contributed by atoms with Gasteiger partial charge < -0.3 is 16.2 Å². The Kier molecular flexibility index (Phi) is 7.83. The highest BCUT2D eigenvalue weighted by molar-refractivity contribution is 5.82. The lowest BCUT2D eigenvalue weighted by Crippen LogP contribution is -2.46. The van der Waals surface area contributed by atoms with Crippen molar-refractivity contribution in [3.8, 4) is 5.75 Å². The van der Waals surface area contributed by atoms with Crippen molar-refractivity contribution in [1.29, 1.82) is 0 Å². The maximum atomic E-state index is 12.2. The highest BCUT2D eigenvalue weighted by atomic mass is 16.3. The van der Waals surface area contributed by atoms with Crippen LogP contribution in [0.25, 0.3) is 0 Å². The van der Waals surface area contributed by atoms with Crippen LogP contribution in [-0.2, 0) is 11.2 Å². The topological polar surface area (TPSA) is 75.4 Å². The zero-order valence-corrected chi connectivity index (χ0v) is 13.1. The molecule has 0 radical (unpaired) electrons. The van der Waals surface area contributed by atoms with Crippen LogP contribution in [0, 0.1) is 0 Å². The summed E-state index contributed by atoms with van der Waals surface area (Å²) in [5.74, 6) is 0.136. The lowest BCUT2D eigenvalue weighted by atomic mass is 10.0. The first-order valence-corrected chi connectivity index (χ1v) is 7.90. The van der Waals surface area contributed by atoms with Gasteiger partial charge in [0.2, 0.25) is 5.91 Å². The summed E-state index contributed by atoms with van der Waals surface area (Å²) in [6.45, 7) is 4.28. The van der Waals surface area contributed by atoms with Gasteiger partial charge in [-0.15, -0.1) is 0 Å². The first-order valence-electron chi connectivity index (χ1n) is 7.90. The zero-order chi connectivity index (χ0) is 15.7. The number of carbonyl (C=O) groups is 1. The Morgan fingerprint density at radius 2 is 1.86 bits per heavy atom. The molecule has 2 atom stereocenters. The Morgan fingerprint density at radius 3 is 2.43 bits per heavy atom. The molecule has 0 aromatic heterocycles. The molecule has 0 saturated heterocycles. The number of rotatable bonds is 9. The monoisotopic (exact) mass is 292 g/mol. The van der Waals surface area contributed by atoms with Gasteiger partial charge >= 0.3 is 0 Å². The Morgan fingerprint density at radius 1 is 1.19 bits per heavy atom. The second kappa shape index (κ2) is 9.40. The minimum absolute atomic E-state index is 0.0855. The van der Waals surface area contributed by atoms with E-state index in [0.717, 1.165) is 37.7 Å². The summed E-state index contributed by atoms with van der Waals surface area (Å²) in [4.78, 5) is 12.2. The van der Waals surface area contributed by atoms with E-state index >= 15 is 0 Å². The van der Waals surface area contributed by atoms with Crippen LogP contribution in [0.2, 0.25) is 0 Å². The summed E-state index contributed by atoms with van der Waals surface area (Å²) in [7, 11) is 0. The van der Waals surface area contributed by atoms with Crippen LogP contribution in [0.5, 0.6) is 5.75 Å². The molecule has 0 bridgehead atoms. The quantitative estimate of drug-likeness (QED) is 0.655. The van der Waals surface area contributed by atoms with E-state index in [1.165, 1.54) is 0 Å². The van der Waals surface area contributed by atoms with Crippen LogP contribution < -0.4 is 11.1 Å². The van der Waals surface area contributed by atoms with Crippen molar-refractivity contribution in [2.24, 2.45) is 5.73 Å². The summed E-state index contributed by atoms with van der Waals surface area (Å²) in [5, 5.41) is 12.3. The molecule has 0 heterocycles. The van der Waals surface area contributed by atoms with Gasteiger partial charge in [0, 0.05) is 6.04 Å². The van der Waals surface area contributed by atoms with Crippen molar-refractivity contribution in [2.45, 2.75) is 64.5 Å². The number of unbranched alkanes of at least 4 members (excludes halogenated alkanes) is 1. The Hall–Kier alpha value is -1.55. The fraction of sp³-hybridized carbons (Fsp3) is 0.588. The van der Waals surface area contributed by atoms with Crippen LogP contribution in [-0.4, -0.2) is 23.1 Å². The molecule has 1 aromatic rings. The number of carbonyl (C=O) groups excluding carboxylic acids is 1. The second-order valence-corrected chi connectivity index (χ2v) is 5.61. The number of hydrogen-bond donors (Lipinski definition) is 3. The molecule has 0 spiro atoms. The Labute approximate surface area is 127 Å². The third-order valence-corrected chi connectivity index (χ3v) is 3.62. The molecular weight excluding hydrogens is 264 g/mol. The van der Waals surface area contributed by atoms with Crippen LogP contribution in [0.1, 0.15) is 51.5 Å². The normalized spacial score (nSPS) is 13.7. The average molecular weight is 292 g/mol. The molecule has 0 aliphatic heterocycles. The number of phenolic OH excluding ortho intramolecular Hbond substituents is 1. The lowest BCUT2D eigenvalue weighted by molar-refractivity contribution is -0.123. The molecule has 1 aromatic carbocycles. The largest absolute Gasteiger partial charge is 0.508 e. The summed E-state index contributed by atoms with van der Waals surface area (Å²) in [6, 6.07) is 6.50. The molecule has 118 valence electrons. The first-order chi connectivity index (χ1) is 10.1. The van der Waals surface area contributed by atoms with Gasteiger partial charge in [-0.05, 0) is 37.0 Å². The minimum Gasteiger partial charge on any atom is -0.508 e. The number of nitrogens with one attached hydrogen (secondary N) is 1. The summed E-state index contributed by atoms with van der Waals surface area (Å²) >= 11 is 0. The number of phenols is 1. The molecule has 1 rings (SSSR count). The van der Waals surface area contributed by atoms with Gasteiger partial charge in [0.25, 0.3) is 0 Å². The molecule has 0 aliphatic rings. The maximum absolute atomic E-state index is 12.2. The van der Waals surface area contributed by atoms with Crippen LogP contribution >= 0.6 is 0 Å². The second-order valence-electron chi connectivity index (χ2n) is 5.61. The van der Waals surface area contributed by atoms with Crippen LogP contribution in [0.4, 0.5) is 0 Å². The van der Waals surface area contributed by atoms with E-state index in [4.69, 9.17) is 5.73 Å². The van der Waals surface area contributed by atoms with E-state index in [9.17, 15) is 9.90 Å². The van der Waals surface area contributed by atoms with Crippen molar-refractivity contribution in [3.05, 3.63) is 29.8 Å². The number of nitrogens with two attached hydrogens (primary N) is 1. The fourth-order valence-electron chi connectivity index (χ4n) is 2.37. The molecule has 0 aliphatic carbocycles. The predicted molar refractivity (Wildman–Crippen MR) is 86.1 cm³/mol. The van der Waals surface area contributed by atoms with Crippen molar-refractivity contribution >= 4 is 5.91 Å². The number of amides is 1. The van der Waals surface area contributed by atoms with E-state index < -0.39 is 6.04 Å². The summed E-state index contributed by atoms with van der Waals surface area (Å²) in [6.07, 6.45) is 5.81. The van der Waals surface area contributed by atoms with Crippen LogP contribution in [0.3, 0.4) is 0 Å². The molecule has 0 saturated carbocycles. The standard InChI is InChI=1S/C17H28N2O2/c1-3-5-7-14(6-4-2)19-17(21)16(18)12-13-8-10-15(20)11-9-13/h8-11,14,16,20H,3-7,12,18H2,1-2H3,(H,19,21). The molecule has 0 fully saturated rings. The fourth-order valence-corrected chi connectivity index (χ4v) is 2.37. The lowest BCUT2D eigenvalue weighted by Gasteiger charge is -2.20.